The molecule has 0 saturated carbocycles. The molecule has 0 fully saturated rings. The number of nitrogens with zero attached hydrogens (tertiary/aromatic N) is 3. The first-order chi connectivity index (χ1) is 11.8. The van der Waals surface area contributed by atoms with Gasteiger partial charge in [0.05, 0.1) is 0 Å². The normalized spacial score (nSPS) is 11.7. The number of benzene rings is 2. The van der Waals surface area contributed by atoms with Crippen molar-refractivity contribution in [3.8, 4) is 11.4 Å². The third-order valence-electron chi connectivity index (χ3n) is 3.90. The zero-order valence-electron chi connectivity index (χ0n) is 14.7. The summed E-state index contributed by atoms with van der Waals surface area (Å²) in [5.41, 5.74) is 3.07. The van der Waals surface area contributed by atoms with E-state index in [0.717, 1.165) is 11.1 Å². The van der Waals surface area contributed by atoms with Gasteiger partial charge in [-0.25, -0.2) is 0 Å². The molecule has 0 aliphatic heterocycles. The Hall–Kier alpha value is -2.40. The highest BCUT2D eigenvalue weighted by Gasteiger charge is 2.19. The van der Waals surface area contributed by atoms with Crippen LogP contribution < -0.4 is 4.74 Å². The van der Waals surface area contributed by atoms with Crippen LogP contribution in [-0.4, -0.2) is 21.0 Å². The van der Waals surface area contributed by atoms with E-state index in [1.807, 2.05) is 18.2 Å². The van der Waals surface area contributed by atoms with Gasteiger partial charge in [0, 0.05) is 11.4 Å². The third-order valence-corrected chi connectivity index (χ3v) is 4.13. The van der Waals surface area contributed by atoms with Gasteiger partial charge in [-0.1, -0.05) is 45.4 Å². The molecule has 0 unspecified atom stereocenters. The number of fused-ring (bicyclic) bond motifs is 1. The molecule has 0 saturated heterocycles. The number of ether oxygens (including phenoxy) is 1. The molecule has 130 valence electrons. The number of rotatable bonds is 3. The smallest absolute Gasteiger partial charge is 0.310 e. The number of halogens is 1. The fourth-order valence-electron chi connectivity index (χ4n) is 2.42. The Balaban J connectivity index is 2.16. The van der Waals surface area contributed by atoms with Gasteiger partial charge in [0.15, 0.2) is 5.75 Å². The Kier molecular flexibility index (Phi) is 4.52. The van der Waals surface area contributed by atoms with Crippen molar-refractivity contribution in [3.05, 3.63) is 47.0 Å². The van der Waals surface area contributed by atoms with Crippen molar-refractivity contribution < 1.29 is 9.53 Å². The minimum Gasteiger partial charge on any atom is -0.424 e. The summed E-state index contributed by atoms with van der Waals surface area (Å²) in [6.45, 7) is 8.12. The van der Waals surface area contributed by atoms with Crippen LogP contribution in [0.5, 0.6) is 5.75 Å². The zero-order valence-corrected chi connectivity index (χ0v) is 15.5. The predicted molar refractivity (Wildman–Crippen MR) is 98.5 cm³/mol. The number of carbonyl (C=O) groups excluding carboxylic acids is 1. The number of aromatic nitrogens is 3. The Morgan fingerprint density at radius 3 is 2.52 bits per heavy atom. The van der Waals surface area contributed by atoms with Gasteiger partial charge < -0.3 is 4.74 Å². The summed E-state index contributed by atoms with van der Waals surface area (Å²) in [5, 5.41) is 9.58. The summed E-state index contributed by atoms with van der Waals surface area (Å²) in [6, 6.07) is 11.1. The largest absolute Gasteiger partial charge is 0.424 e. The molecular weight excluding hydrogens is 338 g/mol. The topological polar surface area (TPSA) is 57.0 Å². The number of hydrogen-bond donors (Lipinski definition) is 0. The number of esters is 1. The molecule has 25 heavy (non-hydrogen) atoms. The van der Waals surface area contributed by atoms with Crippen molar-refractivity contribution in [2.45, 2.75) is 39.5 Å². The summed E-state index contributed by atoms with van der Waals surface area (Å²) in [4.78, 5) is 13.3. The monoisotopic (exact) mass is 357 g/mol. The quantitative estimate of drug-likeness (QED) is 0.504. The Labute approximate surface area is 151 Å². The van der Waals surface area contributed by atoms with Crippen LogP contribution in [0.2, 0.25) is 5.02 Å². The molecule has 0 aliphatic rings. The first-order valence-electron chi connectivity index (χ1n) is 8.16. The van der Waals surface area contributed by atoms with Crippen molar-refractivity contribution in [2.75, 3.05) is 0 Å². The van der Waals surface area contributed by atoms with E-state index in [1.165, 1.54) is 4.80 Å². The van der Waals surface area contributed by atoms with Crippen molar-refractivity contribution in [1.29, 1.82) is 0 Å². The molecule has 0 radical (unpaired) electrons. The standard InChI is InChI=1S/C19H20ClN3O2/c1-5-18(24)25-17-9-6-12(19(2,3)4)10-16(17)23-21-14-8-7-13(20)11-15(14)22-23/h6-11H,5H2,1-4H3. The highest BCUT2D eigenvalue weighted by atomic mass is 35.5. The van der Waals surface area contributed by atoms with Crippen molar-refractivity contribution in [3.63, 3.8) is 0 Å². The van der Waals surface area contributed by atoms with Crippen LogP contribution >= 0.6 is 11.6 Å². The van der Waals surface area contributed by atoms with Crippen LogP contribution in [0.3, 0.4) is 0 Å². The van der Waals surface area contributed by atoms with Crippen LogP contribution in [0, 0.1) is 0 Å². The molecule has 0 N–H and O–H groups in total. The van der Waals surface area contributed by atoms with E-state index in [-0.39, 0.29) is 11.4 Å². The molecule has 5 nitrogen and oxygen atoms in total. The first kappa shape index (κ1) is 17.4. The Morgan fingerprint density at radius 1 is 1.12 bits per heavy atom. The molecule has 1 aromatic heterocycles. The molecular formula is C19H20ClN3O2. The van der Waals surface area contributed by atoms with Crippen LogP contribution in [-0.2, 0) is 10.2 Å². The molecule has 0 amide bonds. The maximum absolute atomic E-state index is 11.8. The molecule has 0 aliphatic carbocycles. The van der Waals surface area contributed by atoms with E-state index in [0.29, 0.717) is 28.4 Å². The van der Waals surface area contributed by atoms with Crippen LogP contribution in [0.25, 0.3) is 16.7 Å². The molecule has 0 atom stereocenters. The summed E-state index contributed by atoms with van der Waals surface area (Å²) >= 11 is 6.03. The summed E-state index contributed by atoms with van der Waals surface area (Å²) in [7, 11) is 0. The lowest BCUT2D eigenvalue weighted by Gasteiger charge is -2.20. The van der Waals surface area contributed by atoms with E-state index in [2.05, 4.69) is 31.0 Å². The maximum Gasteiger partial charge on any atom is 0.310 e. The van der Waals surface area contributed by atoms with Crippen molar-refractivity contribution in [1.82, 2.24) is 15.0 Å². The van der Waals surface area contributed by atoms with Crippen LogP contribution in [0.1, 0.15) is 39.7 Å². The van der Waals surface area contributed by atoms with E-state index in [4.69, 9.17) is 16.3 Å². The lowest BCUT2D eigenvalue weighted by atomic mass is 9.87. The highest BCUT2D eigenvalue weighted by molar-refractivity contribution is 6.31. The van der Waals surface area contributed by atoms with E-state index < -0.39 is 0 Å². The minimum atomic E-state index is -0.301. The second-order valence-electron chi connectivity index (χ2n) is 6.88. The molecule has 3 aromatic rings. The van der Waals surface area contributed by atoms with Crippen LogP contribution in [0.4, 0.5) is 0 Å². The van der Waals surface area contributed by atoms with Crippen molar-refractivity contribution in [2.24, 2.45) is 0 Å². The van der Waals surface area contributed by atoms with E-state index >= 15 is 0 Å². The van der Waals surface area contributed by atoms with Gasteiger partial charge in [-0.15, -0.1) is 15.0 Å². The SMILES string of the molecule is CCC(=O)Oc1ccc(C(C)(C)C)cc1-n1nc2ccc(Cl)cc2n1. The van der Waals surface area contributed by atoms with Gasteiger partial charge in [0.1, 0.15) is 16.7 Å². The maximum atomic E-state index is 11.8. The Bertz CT molecular complexity index is 941. The molecule has 6 heteroatoms. The van der Waals surface area contributed by atoms with Gasteiger partial charge in [0.25, 0.3) is 0 Å². The van der Waals surface area contributed by atoms with E-state index in [1.54, 1.807) is 25.1 Å². The first-order valence-corrected chi connectivity index (χ1v) is 8.54. The van der Waals surface area contributed by atoms with Crippen LogP contribution in [0.15, 0.2) is 36.4 Å². The Morgan fingerprint density at radius 2 is 1.84 bits per heavy atom. The van der Waals surface area contributed by atoms with Gasteiger partial charge in [-0.2, -0.15) is 0 Å². The second-order valence-corrected chi connectivity index (χ2v) is 7.32. The number of hydrogen-bond acceptors (Lipinski definition) is 4. The molecule has 3 rings (SSSR count). The van der Waals surface area contributed by atoms with Gasteiger partial charge in [0.2, 0.25) is 0 Å². The molecule has 1 heterocycles. The summed E-state index contributed by atoms with van der Waals surface area (Å²) in [6.07, 6.45) is 0.296. The lowest BCUT2D eigenvalue weighted by Crippen LogP contribution is -2.14. The minimum absolute atomic E-state index is 0.0576. The van der Waals surface area contributed by atoms with Gasteiger partial charge in [-0.3, -0.25) is 4.79 Å². The molecule has 0 spiro atoms. The fraction of sp³-hybridized carbons (Fsp3) is 0.316. The van der Waals surface area contributed by atoms with Crippen molar-refractivity contribution >= 4 is 28.6 Å². The highest BCUT2D eigenvalue weighted by Crippen LogP contribution is 2.31. The third kappa shape index (κ3) is 3.66. The van der Waals surface area contributed by atoms with Gasteiger partial charge in [-0.05, 0) is 41.3 Å². The van der Waals surface area contributed by atoms with Gasteiger partial charge >= 0.3 is 5.97 Å². The zero-order chi connectivity index (χ0) is 18.2. The lowest BCUT2D eigenvalue weighted by molar-refractivity contribution is -0.134. The summed E-state index contributed by atoms with van der Waals surface area (Å²) in [5.74, 6) is 0.135. The second kappa shape index (κ2) is 6.48. The average molecular weight is 358 g/mol. The molecule has 0 bridgehead atoms. The average Bonchev–Trinajstić information content (AvgIpc) is 2.96. The fourth-order valence-corrected chi connectivity index (χ4v) is 2.58. The predicted octanol–water partition coefficient (Wildman–Crippen LogP) is 4.69. The molecule has 2 aromatic carbocycles. The van der Waals surface area contributed by atoms with E-state index in [9.17, 15) is 4.79 Å². The number of carbonyl (C=O) groups is 1. The summed E-state index contributed by atoms with van der Waals surface area (Å²) < 4.78 is 5.47.